The second-order valence-corrected chi connectivity index (χ2v) is 13.1. The Kier molecular flexibility index (Phi) is 7.41. The van der Waals surface area contributed by atoms with Crippen molar-refractivity contribution in [2.45, 2.75) is 34.9 Å². The highest BCUT2D eigenvalue weighted by Gasteiger charge is 2.76. The smallest absolute Gasteiger partial charge is 0.488 e. The van der Waals surface area contributed by atoms with Gasteiger partial charge in [-0.2, -0.15) is 0 Å². The van der Waals surface area contributed by atoms with Crippen LogP contribution >= 0.6 is 39.1 Å². The number of likely N-dealkylation sites (tertiary alicyclic amines) is 1. The molecule has 3 fully saturated rings. The summed E-state index contributed by atoms with van der Waals surface area (Å²) in [6.45, 7) is 3.74. The van der Waals surface area contributed by atoms with Gasteiger partial charge in [-0.15, -0.1) is 29.8 Å². The Balaban J connectivity index is 1.52. The van der Waals surface area contributed by atoms with E-state index in [1.807, 2.05) is 0 Å². The van der Waals surface area contributed by atoms with Gasteiger partial charge in [0, 0.05) is 11.5 Å². The van der Waals surface area contributed by atoms with E-state index >= 15 is 0 Å². The molecule has 0 bridgehead atoms. The van der Waals surface area contributed by atoms with Crippen LogP contribution in [0.3, 0.4) is 0 Å². The molecule has 13 heteroatoms. The number of rotatable bonds is 6. The number of phenolic OH excluding ortho intramolecular Hbond substituents is 1. The Hall–Kier alpha value is -2.96. The quantitative estimate of drug-likeness (QED) is 0.140. The fraction of sp³-hybridized carbons (Fsp3) is 0.333. The zero-order valence-corrected chi connectivity index (χ0v) is 25.7. The van der Waals surface area contributed by atoms with Crippen LogP contribution in [0.25, 0.3) is 0 Å². The van der Waals surface area contributed by atoms with Gasteiger partial charge in [0.15, 0.2) is 9.75 Å². The summed E-state index contributed by atoms with van der Waals surface area (Å²) >= 11 is 17.7. The Morgan fingerprint density at radius 2 is 1.77 bits per heavy atom. The molecule has 0 spiro atoms. The Morgan fingerprint density at radius 3 is 2.44 bits per heavy atom. The van der Waals surface area contributed by atoms with Gasteiger partial charge in [0.2, 0.25) is 11.8 Å². The first-order chi connectivity index (χ1) is 20.4. The summed E-state index contributed by atoms with van der Waals surface area (Å²) in [6, 6.07) is 10.9. The van der Waals surface area contributed by atoms with Gasteiger partial charge in [0.1, 0.15) is 5.75 Å². The highest BCUT2D eigenvalue weighted by molar-refractivity contribution is 9.09. The van der Waals surface area contributed by atoms with E-state index in [0.29, 0.717) is 17.6 Å². The number of allylic oxidation sites excluding steroid dienone is 3. The molecule has 4 amide bonds. The molecule has 2 aromatic carbocycles. The molecule has 0 aromatic heterocycles. The summed E-state index contributed by atoms with van der Waals surface area (Å²) < 4.78 is 0. The van der Waals surface area contributed by atoms with Crippen LogP contribution in [0.4, 0.5) is 5.69 Å². The number of amides is 4. The number of anilines is 1. The van der Waals surface area contributed by atoms with Crippen LogP contribution in [0, 0.1) is 17.8 Å². The van der Waals surface area contributed by atoms with Crippen molar-refractivity contribution in [3.05, 3.63) is 77.9 Å². The summed E-state index contributed by atoms with van der Waals surface area (Å²) in [6.07, 6.45) is 3.69. The number of hydrogen-bond donors (Lipinski definition) is 3. The zero-order valence-electron chi connectivity index (χ0n) is 22.6. The molecule has 6 atom stereocenters. The summed E-state index contributed by atoms with van der Waals surface area (Å²) in [5, 5.41) is 30.8. The van der Waals surface area contributed by atoms with Crippen LogP contribution in [-0.2, 0) is 25.6 Å². The fourth-order valence-corrected chi connectivity index (χ4v) is 8.76. The molecule has 2 aromatic rings. The van der Waals surface area contributed by atoms with Gasteiger partial charge in [-0.1, -0.05) is 64.0 Å². The highest BCUT2D eigenvalue weighted by atomic mass is 79.9. The van der Waals surface area contributed by atoms with Crippen molar-refractivity contribution in [3.63, 3.8) is 0 Å². The number of para-hydroxylation sites is 1. The van der Waals surface area contributed by atoms with Crippen molar-refractivity contribution in [1.82, 2.24) is 4.90 Å². The molecule has 9 nitrogen and oxygen atoms in total. The van der Waals surface area contributed by atoms with Crippen LogP contribution in [-0.4, -0.2) is 66.0 Å². The number of carbonyl (C=O) groups is 4. The molecule has 4 aliphatic rings. The fourth-order valence-electron chi connectivity index (χ4n) is 7.34. The van der Waals surface area contributed by atoms with Crippen molar-refractivity contribution < 1.29 is 34.3 Å². The predicted molar refractivity (Wildman–Crippen MR) is 164 cm³/mol. The average Bonchev–Trinajstić information content (AvgIpc) is 3.32. The first-order valence-electron chi connectivity index (χ1n) is 13.7. The second kappa shape index (κ2) is 10.6. The van der Waals surface area contributed by atoms with E-state index in [1.54, 1.807) is 30.4 Å². The van der Waals surface area contributed by atoms with Crippen LogP contribution in [0.1, 0.15) is 29.9 Å². The minimum atomic E-state index is -2.03. The van der Waals surface area contributed by atoms with Crippen molar-refractivity contribution in [2.24, 2.45) is 17.8 Å². The van der Waals surface area contributed by atoms with E-state index in [1.165, 1.54) is 24.3 Å². The predicted octanol–water partition coefficient (Wildman–Crippen LogP) is 2.72. The minimum Gasteiger partial charge on any atom is -0.507 e. The Labute approximate surface area is 266 Å². The van der Waals surface area contributed by atoms with Gasteiger partial charge >= 0.3 is 7.12 Å². The maximum atomic E-state index is 14.1. The van der Waals surface area contributed by atoms with Gasteiger partial charge < -0.3 is 15.2 Å². The Bertz CT molecular complexity index is 1640. The van der Waals surface area contributed by atoms with Crippen molar-refractivity contribution >= 4 is 81.0 Å². The zero-order chi connectivity index (χ0) is 31.0. The van der Waals surface area contributed by atoms with Crippen molar-refractivity contribution in [2.75, 3.05) is 10.4 Å². The number of fused-ring (bicyclic) bond motifs is 4. The number of nitrogens with zero attached hydrogens (tertiary/aromatic N) is 2. The lowest BCUT2D eigenvalue weighted by Gasteiger charge is -2.50. The van der Waals surface area contributed by atoms with Crippen molar-refractivity contribution in [1.29, 1.82) is 0 Å². The molecule has 1 saturated carbocycles. The van der Waals surface area contributed by atoms with Gasteiger partial charge in [0.25, 0.3) is 11.8 Å². The third kappa shape index (κ3) is 4.05. The highest BCUT2D eigenvalue weighted by Crippen LogP contribution is 2.66. The number of hydrogen-bond acceptors (Lipinski definition) is 7. The molecule has 6 rings (SSSR count). The SMILES string of the molecule is C=CCc1cccc(C2C3=CCC4C(=O)N(c5cccc(B(O)O)c5)C(=O)C4C3CC3(Cl)C(=O)N(CBr)C(=O)C23Cl)c1O. The van der Waals surface area contributed by atoms with E-state index in [0.717, 1.165) is 9.80 Å². The van der Waals surface area contributed by atoms with E-state index in [2.05, 4.69) is 22.5 Å². The lowest BCUT2D eigenvalue weighted by Crippen LogP contribution is -2.60. The molecule has 222 valence electrons. The minimum absolute atomic E-state index is 0.107. The lowest BCUT2D eigenvalue weighted by molar-refractivity contribution is -0.138. The topological polar surface area (TPSA) is 135 Å². The van der Waals surface area contributed by atoms with Crippen LogP contribution < -0.4 is 10.4 Å². The first kappa shape index (κ1) is 30.1. The van der Waals surface area contributed by atoms with E-state index in [4.69, 9.17) is 23.2 Å². The van der Waals surface area contributed by atoms with Gasteiger partial charge in [-0.05, 0) is 48.3 Å². The first-order valence-corrected chi connectivity index (χ1v) is 15.6. The molecule has 3 N–H and O–H groups in total. The number of halogens is 3. The summed E-state index contributed by atoms with van der Waals surface area (Å²) in [4.78, 5) is 53.5. The third-order valence-electron chi connectivity index (χ3n) is 9.27. The largest absolute Gasteiger partial charge is 0.507 e. The van der Waals surface area contributed by atoms with E-state index < -0.39 is 64.2 Å². The summed E-state index contributed by atoms with van der Waals surface area (Å²) in [5.74, 6) is -6.15. The normalized spacial score (nSPS) is 31.5. The number of alkyl halides is 3. The average molecular weight is 688 g/mol. The van der Waals surface area contributed by atoms with Gasteiger partial charge in [-0.3, -0.25) is 29.0 Å². The van der Waals surface area contributed by atoms with Crippen LogP contribution in [0.5, 0.6) is 5.75 Å². The molecular formula is C30H26BBrCl2N2O7. The number of aromatic hydroxyl groups is 1. The van der Waals surface area contributed by atoms with E-state index in [-0.39, 0.29) is 40.8 Å². The van der Waals surface area contributed by atoms with Crippen LogP contribution in [0.15, 0.2) is 66.8 Å². The monoisotopic (exact) mass is 686 g/mol. The summed E-state index contributed by atoms with van der Waals surface area (Å²) in [7, 11) is -1.80. The number of benzene rings is 2. The Morgan fingerprint density at radius 1 is 1.05 bits per heavy atom. The molecule has 2 aliphatic carbocycles. The maximum absolute atomic E-state index is 14.1. The molecule has 2 heterocycles. The number of phenols is 1. The molecule has 2 aliphatic heterocycles. The second-order valence-electron chi connectivity index (χ2n) is 11.3. The molecule has 6 unspecified atom stereocenters. The molecular weight excluding hydrogens is 662 g/mol. The van der Waals surface area contributed by atoms with Crippen LogP contribution in [0.2, 0.25) is 0 Å². The lowest BCUT2D eigenvalue weighted by atomic mass is 9.56. The van der Waals surface area contributed by atoms with Gasteiger partial charge in [0.05, 0.1) is 23.0 Å². The van der Waals surface area contributed by atoms with Gasteiger partial charge in [-0.25, -0.2) is 0 Å². The summed E-state index contributed by atoms with van der Waals surface area (Å²) in [5.41, 5.74) is 1.50. The standard InChI is InChI=1S/C30H26BBrCl2N2O7/c1-2-5-15-6-3-9-20(24(15)37)23-18-10-11-19-22(21(18)13-29(33)27(40)35(14-32)28(41)30(23,29)34)26(39)36(25(19)38)17-8-4-7-16(12-17)31(42)43/h2-4,6-10,12,19,21-23,37,42-43H,1,5,11,13-14H2. The molecule has 43 heavy (non-hydrogen) atoms. The third-order valence-corrected chi connectivity index (χ3v) is 11.2. The van der Waals surface area contributed by atoms with E-state index in [9.17, 15) is 34.3 Å². The molecule has 2 saturated heterocycles. The maximum Gasteiger partial charge on any atom is 0.488 e. The molecule has 0 radical (unpaired) electrons. The van der Waals surface area contributed by atoms with Crippen molar-refractivity contribution in [3.8, 4) is 5.75 Å². The number of carbonyl (C=O) groups excluding carboxylic acids is 4. The number of imide groups is 2.